The van der Waals surface area contributed by atoms with Crippen molar-refractivity contribution in [1.29, 1.82) is 0 Å². The van der Waals surface area contributed by atoms with Crippen LogP contribution in [0, 0.1) is 5.82 Å². The summed E-state index contributed by atoms with van der Waals surface area (Å²) in [4.78, 5) is 12.5. The Kier molecular flexibility index (Phi) is 5.81. The lowest BCUT2D eigenvalue weighted by molar-refractivity contribution is -0.140. The fraction of sp³-hybridized carbons (Fsp3) is 0.389. The lowest BCUT2D eigenvalue weighted by atomic mass is 9.85. The number of rotatable bonds is 2. The quantitative estimate of drug-likeness (QED) is 0.663. The highest BCUT2D eigenvalue weighted by atomic mass is 32.2. The Morgan fingerprint density at radius 1 is 1.30 bits per heavy atom. The smallest absolute Gasteiger partial charge is 0.419 e. The highest BCUT2D eigenvalue weighted by molar-refractivity contribution is 8.03. The average molecular weight is 419 g/mol. The second-order valence-electron chi connectivity index (χ2n) is 6.21. The Balaban J connectivity index is 2.21. The van der Waals surface area contributed by atoms with Crippen LogP contribution in [-0.4, -0.2) is 28.3 Å². The third-order valence-corrected chi connectivity index (χ3v) is 6.76. The molecule has 0 amide bonds. The number of carboxylic acids is 1. The van der Waals surface area contributed by atoms with E-state index in [0.29, 0.717) is 28.2 Å². The van der Waals surface area contributed by atoms with Crippen molar-refractivity contribution in [3.8, 4) is 0 Å². The van der Waals surface area contributed by atoms with Crippen molar-refractivity contribution >= 4 is 29.5 Å². The third kappa shape index (κ3) is 3.99. The first-order chi connectivity index (χ1) is 12.7. The monoisotopic (exact) mass is 419 g/mol. The first kappa shape index (κ1) is 20.1. The van der Waals surface area contributed by atoms with Gasteiger partial charge in [-0.1, -0.05) is 12.1 Å². The Labute approximate surface area is 162 Å². The van der Waals surface area contributed by atoms with Gasteiger partial charge in [0, 0.05) is 27.6 Å². The van der Waals surface area contributed by atoms with E-state index in [1.807, 2.05) is 0 Å². The molecule has 1 unspecified atom stereocenters. The number of benzene rings is 1. The average Bonchev–Trinajstić information content (AvgIpc) is 2.54. The highest BCUT2D eigenvalue weighted by Gasteiger charge is 2.40. The van der Waals surface area contributed by atoms with Gasteiger partial charge in [0.15, 0.2) is 0 Å². The minimum atomic E-state index is -4.85. The summed E-state index contributed by atoms with van der Waals surface area (Å²) < 4.78 is 54.4. The molecule has 0 saturated heterocycles. The second-order valence-corrected chi connectivity index (χ2v) is 8.45. The molecular formula is C18H17F4NO2S2. The molecule has 1 atom stereocenters. The second kappa shape index (κ2) is 7.79. The van der Waals surface area contributed by atoms with E-state index >= 15 is 0 Å². The molecule has 0 aliphatic carbocycles. The minimum absolute atomic E-state index is 0.120. The van der Waals surface area contributed by atoms with Crippen molar-refractivity contribution in [1.82, 2.24) is 5.32 Å². The Bertz CT molecular complexity index is 833. The molecule has 2 aliphatic rings. The normalized spacial score (nSPS) is 21.3. The van der Waals surface area contributed by atoms with Crippen LogP contribution in [0.4, 0.5) is 17.6 Å². The minimum Gasteiger partial charge on any atom is -0.478 e. The number of thioether (sulfide) groups is 2. The van der Waals surface area contributed by atoms with Crippen LogP contribution in [0.5, 0.6) is 0 Å². The maximum absolute atomic E-state index is 14.9. The molecule has 9 heteroatoms. The number of dihydropyridines is 1. The van der Waals surface area contributed by atoms with Crippen molar-refractivity contribution in [3.05, 3.63) is 57.0 Å². The Morgan fingerprint density at radius 2 is 2.04 bits per heavy atom. The molecule has 0 saturated carbocycles. The van der Waals surface area contributed by atoms with E-state index < -0.39 is 29.4 Å². The molecule has 2 aliphatic heterocycles. The first-order valence-corrected chi connectivity index (χ1v) is 10.4. The number of hydrogen-bond donors (Lipinski definition) is 2. The molecule has 2 heterocycles. The Hall–Kier alpha value is -1.61. The van der Waals surface area contributed by atoms with Gasteiger partial charge in [0.05, 0.1) is 17.1 Å². The fourth-order valence-electron chi connectivity index (χ4n) is 3.24. The first-order valence-electron chi connectivity index (χ1n) is 8.22. The largest absolute Gasteiger partial charge is 0.478 e. The van der Waals surface area contributed by atoms with Crippen LogP contribution in [0.2, 0.25) is 0 Å². The van der Waals surface area contributed by atoms with Gasteiger partial charge in [-0.25, -0.2) is 9.18 Å². The van der Waals surface area contributed by atoms with Gasteiger partial charge in [0.1, 0.15) is 5.82 Å². The lowest BCUT2D eigenvalue weighted by Crippen LogP contribution is -2.30. The lowest BCUT2D eigenvalue weighted by Gasteiger charge is -2.33. The summed E-state index contributed by atoms with van der Waals surface area (Å²) in [5, 5.41) is 12.8. The van der Waals surface area contributed by atoms with Gasteiger partial charge in [0.25, 0.3) is 0 Å². The van der Waals surface area contributed by atoms with Crippen molar-refractivity contribution in [3.63, 3.8) is 0 Å². The van der Waals surface area contributed by atoms with Crippen molar-refractivity contribution < 1.29 is 27.5 Å². The molecule has 0 bridgehead atoms. The number of carbonyl (C=O) groups is 1. The molecule has 1 aromatic carbocycles. The van der Waals surface area contributed by atoms with E-state index in [4.69, 9.17) is 0 Å². The molecular weight excluding hydrogens is 402 g/mol. The van der Waals surface area contributed by atoms with Crippen LogP contribution in [0.3, 0.4) is 0 Å². The van der Waals surface area contributed by atoms with Crippen LogP contribution in [-0.2, 0) is 11.0 Å². The molecule has 0 aromatic heterocycles. The number of halogens is 4. The van der Waals surface area contributed by atoms with E-state index in [2.05, 4.69) is 5.32 Å². The maximum Gasteiger partial charge on any atom is 0.419 e. The van der Waals surface area contributed by atoms with Gasteiger partial charge in [0.2, 0.25) is 0 Å². The third-order valence-electron chi connectivity index (χ3n) is 4.40. The summed E-state index contributed by atoms with van der Waals surface area (Å²) in [5.41, 5.74) is -0.689. The summed E-state index contributed by atoms with van der Waals surface area (Å²) in [6.07, 6.45) is -3.97. The molecule has 2 N–H and O–H groups in total. The summed E-state index contributed by atoms with van der Waals surface area (Å²) in [6, 6.07) is 3.04. The SMILES string of the molecule is CC1=C(C(=O)O)C(c2cccc(C(F)(F)F)c2F)C2=C(CSCCCS2)N1. The molecule has 1 aromatic rings. The standard InChI is InChI=1S/C18H17F4NO2S2/c1-9-13(17(24)25)14(16-12(23-9)8-26-6-3-7-27-16)10-4-2-5-11(15(10)19)18(20,21)22/h2,4-5,14,23H,3,6-8H2,1H3,(H,24,25). The fourth-order valence-corrected chi connectivity index (χ4v) is 5.66. The number of alkyl halides is 3. The van der Waals surface area contributed by atoms with Gasteiger partial charge in [-0.2, -0.15) is 24.9 Å². The van der Waals surface area contributed by atoms with Gasteiger partial charge >= 0.3 is 12.1 Å². The van der Waals surface area contributed by atoms with E-state index in [9.17, 15) is 27.5 Å². The van der Waals surface area contributed by atoms with Gasteiger partial charge in [-0.3, -0.25) is 0 Å². The van der Waals surface area contributed by atoms with Crippen molar-refractivity contribution in [2.45, 2.75) is 25.4 Å². The predicted octanol–water partition coefficient (Wildman–Crippen LogP) is 4.97. The van der Waals surface area contributed by atoms with E-state index in [-0.39, 0.29) is 11.1 Å². The van der Waals surface area contributed by atoms with E-state index in [0.717, 1.165) is 23.9 Å². The zero-order chi connectivity index (χ0) is 19.8. The van der Waals surface area contributed by atoms with Crippen molar-refractivity contribution in [2.24, 2.45) is 0 Å². The molecule has 0 radical (unpaired) electrons. The van der Waals surface area contributed by atoms with Gasteiger partial charge in [-0.15, -0.1) is 11.8 Å². The van der Waals surface area contributed by atoms with Gasteiger partial charge in [-0.05, 0) is 30.9 Å². The highest BCUT2D eigenvalue weighted by Crippen LogP contribution is 2.47. The number of aliphatic carboxylic acids is 1. The Morgan fingerprint density at radius 3 is 2.70 bits per heavy atom. The van der Waals surface area contributed by atoms with E-state index in [1.54, 1.807) is 18.7 Å². The summed E-state index contributed by atoms with van der Waals surface area (Å²) >= 11 is 3.05. The molecule has 146 valence electrons. The number of hydrogen-bond acceptors (Lipinski definition) is 4. The molecule has 0 spiro atoms. The van der Waals surface area contributed by atoms with Crippen LogP contribution >= 0.6 is 23.5 Å². The molecule has 3 nitrogen and oxygen atoms in total. The van der Waals surface area contributed by atoms with Gasteiger partial charge < -0.3 is 10.4 Å². The van der Waals surface area contributed by atoms with Crippen LogP contribution in [0.15, 0.2) is 40.1 Å². The molecule has 27 heavy (non-hydrogen) atoms. The van der Waals surface area contributed by atoms with Crippen LogP contribution in [0.1, 0.15) is 30.4 Å². The molecule has 0 fully saturated rings. The maximum atomic E-state index is 14.9. The van der Waals surface area contributed by atoms with Crippen LogP contribution < -0.4 is 5.32 Å². The number of allylic oxidation sites excluding steroid dienone is 2. The summed E-state index contributed by atoms with van der Waals surface area (Å²) in [5.74, 6) is -1.55. The van der Waals surface area contributed by atoms with Crippen LogP contribution in [0.25, 0.3) is 0 Å². The van der Waals surface area contributed by atoms with Crippen molar-refractivity contribution in [2.75, 3.05) is 17.3 Å². The van der Waals surface area contributed by atoms with E-state index in [1.165, 1.54) is 17.8 Å². The number of nitrogens with one attached hydrogen (secondary N) is 1. The summed E-state index contributed by atoms with van der Waals surface area (Å²) in [7, 11) is 0. The number of carboxylic acid groups (broad SMARTS) is 1. The zero-order valence-electron chi connectivity index (χ0n) is 14.3. The molecule has 3 rings (SSSR count). The summed E-state index contributed by atoms with van der Waals surface area (Å²) in [6.45, 7) is 1.56. The topological polar surface area (TPSA) is 49.3 Å². The zero-order valence-corrected chi connectivity index (χ0v) is 16.0. The predicted molar refractivity (Wildman–Crippen MR) is 99.0 cm³/mol.